The van der Waals surface area contributed by atoms with Crippen LogP contribution in [0.4, 0.5) is 0 Å². The van der Waals surface area contributed by atoms with Gasteiger partial charge in [-0.05, 0) is 50.3 Å². The fourth-order valence-corrected chi connectivity index (χ4v) is 5.30. The second-order valence-corrected chi connectivity index (χ2v) is 8.76. The van der Waals surface area contributed by atoms with Gasteiger partial charge >= 0.3 is 0 Å². The van der Waals surface area contributed by atoms with Crippen molar-refractivity contribution in [2.75, 3.05) is 18.8 Å². The molecule has 0 radical (unpaired) electrons. The molecule has 5 heteroatoms. The number of likely N-dealkylation sites (tertiary alicyclic amines) is 1. The normalized spacial score (nSPS) is 19.2. The largest absolute Gasteiger partial charge is 0.300 e. The SMILES string of the molecule is c1ccc(Cn2c(CN3CCCC3)nnc2SCC2CCCCC2)cc1. The lowest BCUT2D eigenvalue weighted by Crippen LogP contribution is -2.21. The first-order chi connectivity index (χ1) is 12.9. The van der Waals surface area contributed by atoms with Crippen molar-refractivity contribution < 1.29 is 0 Å². The Morgan fingerprint density at radius 3 is 2.42 bits per heavy atom. The molecule has 26 heavy (non-hydrogen) atoms. The van der Waals surface area contributed by atoms with Crippen molar-refractivity contribution in [1.29, 1.82) is 0 Å². The third-order valence-corrected chi connectivity index (χ3v) is 6.91. The molecule has 0 spiro atoms. The lowest BCUT2D eigenvalue weighted by atomic mass is 9.91. The van der Waals surface area contributed by atoms with Crippen LogP contribution in [0.2, 0.25) is 0 Å². The molecule has 4 rings (SSSR count). The summed E-state index contributed by atoms with van der Waals surface area (Å²) in [5, 5.41) is 10.3. The van der Waals surface area contributed by atoms with Crippen LogP contribution in [-0.4, -0.2) is 38.5 Å². The van der Waals surface area contributed by atoms with Crippen LogP contribution in [0.5, 0.6) is 0 Å². The first-order valence-corrected chi connectivity index (χ1v) is 11.2. The molecule has 0 amide bonds. The predicted molar refractivity (Wildman–Crippen MR) is 107 cm³/mol. The summed E-state index contributed by atoms with van der Waals surface area (Å²) in [5.41, 5.74) is 1.33. The van der Waals surface area contributed by atoms with Gasteiger partial charge in [-0.15, -0.1) is 10.2 Å². The molecule has 1 saturated heterocycles. The third kappa shape index (κ3) is 4.68. The lowest BCUT2D eigenvalue weighted by molar-refractivity contribution is 0.316. The number of thioether (sulfide) groups is 1. The molecule has 1 aliphatic carbocycles. The van der Waals surface area contributed by atoms with Gasteiger partial charge in [-0.2, -0.15) is 0 Å². The van der Waals surface area contributed by atoms with E-state index in [9.17, 15) is 0 Å². The number of rotatable bonds is 7. The summed E-state index contributed by atoms with van der Waals surface area (Å²) in [5.74, 6) is 3.18. The van der Waals surface area contributed by atoms with E-state index >= 15 is 0 Å². The van der Waals surface area contributed by atoms with Crippen molar-refractivity contribution in [3.63, 3.8) is 0 Å². The summed E-state index contributed by atoms with van der Waals surface area (Å²) in [6, 6.07) is 10.7. The highest BCUT2D eigenvalue weighted by Gasteiger charge is 2.20. The van der Waals surface area contributed by atoms with Crippen LogP contribution >= 0.6 is 11.8 Å². The Balaban J connectivity index is 1.48. The number of benzene rings is 1. The van der Waals surface area contributed by atoms with E-state index in [0.29, 0.717) is 0 Å². The number of aromatic nitrogens is 3. The van der Waals surface area contributed by atoms with Gasteiger partial charge in [-0.1, -0.05) is 61.4 Å². The smallest absolute Gasteiger partial charge is 0.191 e. The van der Waals surface area contributed by atoms with Crippen LogP contribution in [0.1, 0.15) is 56.3 Å². The van der Waals surface area contributed by atoms with Gasteiger partial charge in [0, 0.05) is 5.75 Å². The van der Waals surface area contributed by atoms with Crippen LogP contribution in [0, 0.1) is 5.92 Å². The first-order valence-electron chi connectivity index (χ1n) is 10.2. The predicted octanol–water partition coefficient (Wildman–Crippen LogP) is 4.59. The molecule has 1 saturated carbocycles. The van der Waals surface area contributed by atoms with Gasteiger partial charge in [0.1, 0.15) is 5.82 Å². The standard InChI is InChI=1S/C21H30N4S/c1-3-9-18(10-4-1)15-25-20(16-24-13-7-8-14-24)22-23-21(25)26-17-19-11-5-2-6-12-19/h1,3-4,9-10,19H,2,5-8,11-17H2. The highest BCUT2D eigenvalue weighted by Crippen LogP contribution is 2.30. The van der Waals surface area contributed by atoms with E-state index < -0.39 is 0 Å². The monoisotopic (exact) mass is 370 g/mol. The Morgan fingerprint density at radius 2 is 1.65 bits per heavy atom. The van der Waals surface area contributed by atoms with Gasteiger partial charge < -0.3 is 4.57 Å². The van der Waals surface area contributed by atoms with Crippen molar-refractivity contribution >= 4 is 11.8 Å². The summed E-state index contributed by atoms with van der Waals surface area (Å²) in [6.45, 7) is 4.21. The quantitative estimate of drug-likeness (QED) is 0.667. The third-order valence-electron chi connectivity index (χ3n) is 5.71. The minimum Gasteiger partial charge on any atom is -0.300 e. The molecular weight excluding hydrogens is 340 g/mol. The summed E-state index contributed by atoms with van der Waals surface area (Å²) in [4.78, 5) is 2.51. The van der Waals surface area contributed by atoms with E-state index in [4.69, 9.17) is 0 Å². The molecule has 0 N–H and O–H groups in total. The zero-order chi connectivity index (χ0) is 17.6. The van der Waals surface area contributed by atoms with Gasteiger partial charge in [0.25, 0.3) is 0 Å². The van der Waals surface area contributed by atoms with Crippen LogP contribution in [0.25, 0.3) is 0 Å². The second kappa shape index (κ2) is 9.05. The average molecular weight is 371 g/mol. The van der Waals surface area contributed by atoms with Crippen molar-refractivity contribution in [1.82, 2.24) is 19.7 Å². The molecule has 2 aromatic rings. The molecule has 2 heterocycles. The summed E-state index contributed by atoms with van der Waals surface area (Å²) < 4.78 is 2.36. The molecular formula is C21H30N4S. The maximum atomic E-state index is 4.59. The highest BCUT2D eigenvalue weighted by molar-refractivity contribution is 7.99. The molecule has 4 nitrogen and oxygen atoms in total. The van der Waals surface area contributed by atoms with Crippen molar-refractivity contribution in [2.24, 2.45) is 5.92 Å². The Bertz CT molecular complexity index is 673. The topological polar surface area (TPSA) is 34.0 Å². The minimum absolute atomic E-state index is 0.859. The fraction of sp³-hybridized carbons (Fsp3) is 0.619. The van der Waals surface area contributed by atoms with E-state index in [2.05, 4.69) is 50.0 Å². The van der Waals surface area contributed by atoms with Crippen LogP contribution in [0.3, 0.4) is 0 Å². The number of nitrogens with zero attached hydrogens (tertiary/aromatic N) is 4. The molecule has 0 unspecified atom stereocenters. The van der Waals surface area contributed by atoms with E-state index in [1.165, 1.54) is 69.4 Å². The molecule has 2 fully saturated rings. The molecule has 140 valence electrons. The van der Waals surface area contributed by atoms with Crippen LogP contribution < -0.4 is 0 Å². The summed E-state index contributed by atoms with van der Waals surface area (Å²) >= 11 is 1.92. The molecule has 2 aliphatic rings. The summed E-state index contributed by atoms with van der Waals surface area (Å²) in [7, 11) is 0. The Kier molecular flexibility index (Phi) is 6.28. The second-order valence-electron chi connectivity index (χ2n) is 7.77. The van der Waals surface area contributed by atoms with E-state index in [1.54, 1.807) is 0 Å². The van der Waals surface area contributed by atoms with Gasteiger partial charge in [0.2, 0.25) is 0 Å². The highest BCUT2D eigenvalue weighted by atomic mass is 32.2. The van der Waals surface area contributed by atoms with E-state index in [0.717, 1.165) is 30.0 Å². The Hall–Kier alpha value is -1.33. The van der Waals surface area contributed by atoms with Gasteiger partial charge in [0.05, 0.1) is 13.1 Å². The average Bonchev–Trinajstić information content (AvgIpc) is 3.33. The molecule has 1 aromatic heterocycles. The Morgan fingerprint density at radius 1 is 0.885 bits per heavy atom. The van der Waals surface area contributed by atoms with Crippen LogP contribution in [-0.2, 0) is 13.1 Å². The summed E-state index contributed by atoms with van der Waals surface area (Å²) in [6.07, 6.45) is 9.64. The zero-order valence-electron chi connectivity index (χ0n) is 15.6. The van der Waals surface area contributed by atoms with Gasteiger partial charge in [0.15, 0.2) is 5.16 Å². The molecule has 1 aliphatic heterocycles. The maximum Gasteiger partial charge on any atom is 0.191 e. The zero-order valence-corrected chi connectivity index (χ0v) is 16.5. The Labute approximate surface area is 161 Å². The number of hydrogen-bond acceptors (Lipinski definition) is 4. The molecule has 0 bridgehead atoms. The minimum atomic E-state index is 0.859. The van der Waals surface area contributed by atoms with Crippen molar-refractivity contribution in [2.45, 2.75) is 63.2 Å². The van der Waals surface area contributed by atoms with Gasteiger partial charge in [-0.3, -0.25) is 4.90 Å². The lowest BCUT2D eigenvalue weighted by Gasteiger charge is -2.21. The molecule has 0 atom stereocenters. The molecule has 1 aromatic carbocycles. The first kappa shape index (κ1) is 18.1. The van der Waals surface area contributed by atoms with Gasteiger partial charge in [-0.25, -0.2) is 0 Å². The number of hydrogen-bond donors (Lipinski definition) is 0. The maximum absolute atomic E-state index is 4.59. The van der Waals surface area contributed by atoms with Crippen LogP contribution in [0.15, 0.2) is 35.5 Å². The van der Waals surface area contributed by atoms with Crippen molar-refractivity contribution in [3.05, 3.63) is 41.7 Å². The fourth-order valence-electron chi connectivity index (χ4n) is 4.15. The van der Waals surface area contributed by atoms with E-state index in [1.807, 2.05) is 11.8 Å². The van der Waals surface area contributed by atoms with E-state index in [-0.39, 0.29) is 0 Å². The van der Waals surface area contributed by atoms with Crippen molar-refractivity contribution in [3.8, 4) is 0 Å².